The maximum absolute atomic E-state index is 12.0. The first kappa shape index (κ1) is 17.2. The van der Waals surface area contributed by atoms with E-state index in [1.54, 1.807) is 4.90 Å². The van der Waals surface area contributed by atoms with Crippen molar-refractivity contribution in [3.63, 3.8) is 0 Å². The van der Waals surface area contributed by atoms with Crippen molar-refractivity contribution >= 4 is 17.9 Å². The van der Waals surface area contributed by atoms with Gasteiger partial charge in [0.25, 0.3) is 0 Å². The molecule has 0 aromatic heterocycles. The van der Waals surface area contributed by atoms with Gasteiger partial charge in [0, 0.05) is 38.8 Å². The fraction of sp³-hybridized carbons (Fsp3) is 0.444. The quantitative estimate of drug-likeness (QED) is 0.854. The topological polar surface area (TPSA) is 52.7 Å². The number of hydrogen-bond donors (Lipinski definition) is 1. The van der Waals surface area contributed by atoms with Crippen molar-refractivity contribution in [1.29, 1.82) is 0 Å². The van der Waals surface area contributed by atoms with Gasteiger partial charge < -0.3 is 10.2 Å². The van der Waals surface area contributed by atoms with Crippen LogP contribution in [0.3, 0.4) is 0 Å². The highest BCUT2D eigenvalue weighted by molar-refractivity contribution is 6.35. The normalized spacial score (nSPS) is 16.0. The smallest absolute Gasteiger partial charge is 0.311 e. The summed E-state index contributed by atoms with van der Waals surface area (Å²) >= 11 is 0. The van der Waals surface area contributed by atoms with E-state index in [1.807, 2.05) is 32.0 Å². The van der Waals surface area contributed by atoms with Crippen molar-refractivity contribution < 1.29 is 9.59 Å². The standard InChI is InChI=1S/C18H25N3O2/c1-15(2)19-17(22)18(23)21-13-11-20(12-14-21)10-6-9-16-7-4-3-5-8-16/h3-9,15H,10-14H2,1-2H3,(H,19,22)/b9-6+. The van der Waals surface area contributed by atoms with Gasteiger partial charge in [0.1, 0.15) is 0 Å². The molecule has 0 aliphatic carbocycles. The highest BCUT2D eigenvalue weighted by Gasteiger charge is 2.25. The lowest BCUT2D eigenvalue weighted by molar-refractivity contribution is -0.147. The van der Waals surface area contributed by atoms with Crippen LogP contribution in [0, 0.1) is 0 Å². The summed E-state index contributed by atoms with van der Waals surface area (Å²) in [5.41, 5.74) is 1.19. The van der Waals surface area contributed by atoms with Crippen LogP contribution in [0.4, 0.5) is 0 Å². The van der Waals surface area contributed by atoms with E-state index < -0.39 is 11.8 Å². The molecule has 1 saturated heterocycles. The van der Waals surface area contributed by atoms with Gasteiger partial charge in [0.15, 0.2) is 0 Å². The second-order valence-corrected chi connectivity index (χ2v) is 6.03. The molecule has 124 valence electrons. The molecule has 1 aromatic carbocycles. The van der Waals surface area contributed by atoms with E-state index in [0.717, 1.165) is 19.6 Å². The lowest BCUT2D eigenvalue weighted by atomic mass is 10.2. The molecule has 0 unspecified atom stereocenters. The summed E-state index contributed by atoms with van der Waals surface area (Å²) in [5.74, 6) is -0.921. The first-order chi connectivity index (χ1) is 11.1. The van der Waals surface area contributed by atoms with Gasteiger partial charge in [0.05, 0.1) is 0 Å². The average Bonchev–Trinajstić information content (AvgIpc) is 2.55. The van der Waals surface area contributed by atoms with Gasteiger partial charge in [-0.2, -0.15) is 0 Å². The Morgan fingerprint density at radius 2 is 1.78 bits per heavy atom. The minimum Gasteiger partial charge on any atom is -0.346 e. The van der Waals surface area contributed by atoms with Gasteiger partial charge in [-0.1, -0.05) is 42.5 Å². The second kappa shape index (κ2) is 8.48. The van der Waals surface area contributed by atoms with Crippen LogP contribution in [0.25, 0.3) is 6.08 Å². The van der Waals surface area contributed by atoms with Crippen molar-refractivity contribution in [2.45, 2.75) is 19.9 Å². The van der Waals surface area contributed by atoms with Crippen molar-refractivity contribution in [1.82, 2.24) is 15.1 Å². The summed E-state index contributed by atoms with van der Waals surface area (Å²) in [6.45, 7) is 7.34. The summed E-state index contributed by atoms with van der Waals surface area (Å²) in [7, 11) is 0. The summed E-state index contributed by atoms with van der Waals surface area (Å²) in [4.78, 5) is 27.7. The van der Waals surface area contributed by atoms with Crippen molar-refractivity contribution in [2.75, 3.05) is 32.7 Å². The van der Waals surface area contributed by atoms with E-state index in [2.05, 4.69) is 34.5 Å². The number of hydrogen-bond acceptors (Lipinski definition) is 3. The fourth-order valence-corrected chi connectivity index (χ4v) is 2.50. The molecule has 1 fully saturated rings. The molecule has 0 bridgehead atoms. The van der Waals surface area contributed by atoms with E-state index >= 15 is 0 Å². The highest BCUT2D eigenvalue weighted by atomic mass is 16.2. The number of nitrogens with zero attached hydrogens (tertiary/aromatic N) is 2. The molecule has 5 heteroatoms. The minimum absolute atomic E-state index is 0.0177. The van der Waals surface area contributed by atoms with Crippen LogP contribution in [0.2, 0.25) is 0 Å². The summed E-state index contributed by atoms with van der Waals surface area (Å²) in [5, 5.41) is 2.65. The van der Waals surface area contributed by atoms with Crippen LogP contribution >= 0.6 is 0 Å². The number of carbonyl (C=O) groups excluding carboxylic acids is 2. The number of benzene rings is 1. The first-order valence-electron chi connectivity index (χ1n) is 8.10. The zero-order chi connectivity index (χ0) is 16.7. The van der Waals surface area contributed by atoms with Crippen LogP contribution in [0.15, 0.2) is 36.4 Å². The zero-order valence-corrected chi connectivity index (χ0v) is 13.9. The van der Waals surface area contributed by atoms with Gasteiger partial charge in [-0.3, -0.25) is 14.5 Å². The predicted molar refractivity (Wildman–Crippen MR) is 91.8 cm³/mol. The molecule has 0 saturated carbocycles. The molecule has 2 amide bonds. The molecule has 2 rings (SSSR count). The van der Waals surface area contributed by atoms with E-state index in [1.165, 1.54) is 5.56 Å². The number of amides is 2. The zero-order valence-electron chi connectivity index (χ0n) is 13.9. The van der Waals surface area contributed by atoms with Crippen LogP contribution in [0.1, 0.15) is 19.4 Å². The Labute approximate surface area is 138 Å². The molecule has 23 heavy (non-hydrogen) atoms. The Bertz CT molecular complexity index is 547. The SMILES string of the molecule is CC(C)NC(=O)C(=O)N1CCN(C/C=C/c2ccccc2)CC1. The largest absolute Gasteiger partial charge is 0.346 e. The van der Waals surface area contributed by atoms with Gasteiger partial charge >= 0.3 is 11.8 Å². The fourth-order valence-electron chi connectivity index (χ4n) is 2.50. The van der Waals surface area contributed by atoms with Crippen molar-refractivity contribution in [3.05, 3.63) is 42.0 Å². The molecule has 5 nitrogen and oxygen atoms in total. The monoisotopic (exact) mass is 315 g/mol. The van der Waals surface area contributed by atoms with Gasteiger partial charge in [-0.15, -0.1) is 0 Å². The molecule has 1 aliphatic rings. The van der Waals surface area contributed by atoms with Crippen LogP contribution in [-0.2, 0) is 9.59 Å². The molecule has 0 atom stereocenters. The molecular formula is C18H25N3O2. The average molecular weight is 315 g/mol. The van der Waals surface area contributed by atoms with Gasteiger partial charge in [0.2, 0.25) is 0 Å². The molecule has 1 heterocycles. The summed E-state index contributed by atoms with van der Waals surface area (Å²) in [6.07, 6.45) is 4.24. The lowest BCUT2D eigenvalue weighted by Gasteiger charge is -2.33. The van der Waals surface area contributed by atoms with Crippen LogP contribution in [-0.4, -0.2) is 60.4 Å². The Balaban J connectivity index is 1.74. The second-order valence-electron chi connectivity index (χ2n) is 6.03. The Morgan fingerprint density at radius 3 is 2.39 bits per heavy atom. The van der Waals surface area contributed by atoms with Crippen LogP contribution in [0.5, 0.6) is 0 Å². The first-order valence-corrected chi connectivity index (χ1v) is 8.10. The Kier molecular flexibility index (Phi) is 6.35. The lowest BCUT2D eigenvalue weighted by Crippen LogP contribution is -2.53. The van der Waals surface area contributed by atoms with Gasteiger partial charge in [-0.05, 0) is 19.4 Å². The molecule has 0 spiro atoms. The molecule has 0 radical (unpaired) electrons. The predicted octanol–water partition coefficient (Wildman–Crippen LogP) is 1.37. The van der Waals surface area contributed by atoms with E-state index in [0.29, 0.717) is 13.1 Å². The van der Waals surface area contributed by atoms with E-state index in [-0.39, 0.29) is 6.04 Å². The van der Waals surface area contributed by atoms with Crippen LogP contribution < -0.4 is 5.32 Å². The van der Waals surface area contributed by atoms with Crippen molar-refractivity contribution in [2.24, 2.45) is 0 Å². The number of rotatable bonds is 4. The third kappa shape index (κ3) is 5.53. The molecular weight excluding hydrogens is 290 g/mol. The highest BCUT2D eigenvalue weighted by Crippen LogP contribution is 2.05. The maximum atomic E-state index is 12.0. The molecule has 1 aliphatic heterocycles. The maximum Gasteiger partial charge on any atom is 0.311 e. The van der Waals surface area contributed by atoms with E-state index in [4.69, 9.17) is 0 Å². The number of nitrogens with one attached hydrogen (secondary N) is 1. The molecule has 1 N–H and O–H groups in total. The van der Waals surface area contributed by atoms with Crippen molar-refractivity contribution in [3.8, 4) is 0 Å². The summed E-state index contributed by atoms with van der Waals surface area (Å²) in [6, 6.07) is 10.2. The third-order valence-corrected chi connectivity index (χ3v) is 3.75. The third-order valence-electron chi connectivity index (χ3n) is 3.75. The Morgan fingerprint density at radius 1 is 1.13 bits per heavy atom. The van der Waals surface area contributed by atoms with E-state index in [9.17, 15) is 9.59 Å². The number of carbonyl (C=O) groups is 2. The number of piperazine rings is 1. The van der Waals surface area contributed by atoms with Gasteiger partial charge in [-0.25, -0.2) is 0 Å². The molecule has 1 aromatic rings. The summed E-state index contributed by atoms with van der Waals surface area (Å²) < 4.78 is 0. The minimum atomic E-state index is -0.502. The Hall–Kier alpha value is -2.14.